The van der Waals surface area contributed by atoms with Crippen LogP contribution >= 0.6 is 0 Å². The second-order valence-corrected chi connectivity index (χ2v) is 9.00. The number of carbonyl (C=O) groups is 1. The van der Waals surface area contributed by atoms with Gasteiger partial charge < -0.3 is 4.90 Å². The van der Waals surface area contributed by atoms with Crippen LogP contribution in [0.15, 0.2) is 18.2 Å². The maximum absolute atomic E-state index is 13.0. The van der Waals surface area contributed by atoms with Crippen molar-refractivity contribution in [3.63, 3.8) is 0 Å². The van der Waals surface area contributed by atoms with E-state index in [-0.39, 0.29) is 36.4 Å². The van der Waals surface area contributed by atoms with Gasteiger partial charge >= 0.3 is 6.18 Å². The van der Waals surface area contributed by atoms with Crippen molar-refractivity contribution in [3.8, 4) is 0 Å². The highest BCUT2D eigenvalue weighted by atomic mass is 32.2. The number of carbonyl (C=O) groups excluding carboxylic acids is 1. The number of Topliss-reactive ketones (excluding diaryl/α,β-unsaturated/α-hetero) is 1. The number of hydrogen-bond acceptors (Lipinski definition) is 4. The van der Waals surface area contributed by atoms with E-state index in [0.717, 1.165) is 48.4 Å². The number of hydrogen-bond donors (Lipinski definition) is 0. The van der Waals surface area contributed by atoms with Crippen molar-refractivity contribution >= 4 is 21.5 Å². The van der Waals surface area contributed by atoms with E-state index < -0.39 is 27.5 Å². The van der Waals surface area contributed by atoms with E-state index in [4.69, 9.17) is 0 Å². The number of rotatable bonds is 8. The van der Waals surface area contributed by atoms with Crippen LogP contribution < -0.4 is 4.31 Å². The zero-order chi connectivity index (χ0) is 20.9. The zero-order valence-corrected chi connectivity index (χ0v) is 17.1. The molecule has 0 bridgehead atoms. The molecule has 0 fully saturated rings. The number of sulfonamides is 1. The first-order valence-corrected chi connectivity index (χ1v) is 11.2. The molecule has 158 valence electrons. The van der Waals surface area contributed by atoms with Crippen molar-refractivity contribution in [3.05, 3.63) is 29.3 Å². The van der Waals surface area contributed by atoms with Crippen LogP contribution in [0.1, 0.15) is 55.5 Å². The molecule has 1 heterocycles. The van der Waals surface area contributed by atoms with Crippen LogP contribution in [0, 0.1) is 0 Å². The average molecular weight is 420 g/mol. The van der Waals surface area contributed by atoms with Gasteiger partial charge in [-0.1, -0.05) is 13.8 Å². The van der Waals surface area contributed by atoms with Crippen molar-refractivity contribution in [2.24, 2.45) is 0 Å². The molecule has 0 saturated carbocycles. The van der Waals surface area contributed by atoms with E-state index >= 15 is 0 Å². The van der Waals surface area contributed by atoms with Gasteiger partial charge in [-0.15, -0.1) is 0 Å². The fourth-order valence-corrected chi connectivity index (χ4v) is 4.98. The third kappa shape index (κ3) is 5.47. The molecular formula is C19H27F3N2O3S. The van der Waals surface area contributed by atoms with Crippen LogP contribution in [-0.4, -0.2) is 51.0 Å². The Morgan fingerprint density at radius 1 is 1.11 bits per heavy atom. The minimum atomic E-state index is -4.59. The standard InChI is InChI=1S/C19H27F3N2O3S/c1-3-9-23(10-4-2)12-13-28(26,27)24-11-5-6-18(25)16-14-15(19(20,21)22)7-8-17(16)24/h7-8,14H,3-6,9-13H2,1-2H3. The predicted octanol–water partition coefficient (Wildman–Crippen LogP) is 3.94. The maximum atomic E-state index is 13.0. The van der Waals surface area contributed by atoms with Gasteiger partial charge in [0.25, 0.3) is 0 Å². The maximum Gasteiger partial charge on any atom is 0.416 e. The molecule has 0 atom stereocenters. The van der Waals surface area contributed by atoms with E-state index in [0.29, 0.717) is 6.54 Å². The van der Waals surface area contributed by atoms with Gasteiger partial charge in [-0.05, 0) is 50.6 Å². The number of alkyl halides is 3. The number of fused-ring (bicyclic) bond motifs is 1. The largest absolute Gasteiger partial charge is 0.416 e. The van der Waals surface area contributed by atoms with Gasteiger partial charge in [0.1, 0.15) is 0 Å². The van der Waals surface area contributed by atoms with Crippen molar-refractivity contribution in [2.45, 2.75) is 45.7 Å². The van der Waals surface area contributed by atoms with Gasteiger partial charge in [0, 0.05) is 25.1 Å². The molecule has 0 aliphatic carbocycles. The lowest BCUT2D eigenvalue weighted by atomic mass is 10.0. The first-order chi connectivity index (χ1) is 13.1. The van der Waals surface area contributed by atoms with Crippen LogP contribution in [0.3, 0.4) is 0 Å². The van der Waals surface area contributed by atoms with E-state index in [1.54, 1.807) is 0 Å². The van der Waals surface area contributed by atoms with E-state index in [2.05, 4.69) is 4.90 Å². The highest BCUT2D eigenvalue weighted by Gasteiger charge is 2.35. The van der Waals surface area contributed by atoms with Crippen molar-refractivity contribution in [1.82, 2.24) is 4.90 Å². The Balaban J connectivity index is 2.32. The fourth-order valence-electron chi connectivity index (χ4n) is 3.40. The van der Waals surface area contributed by atoms with E-state index in [9.17, 15) is 26.4 Å². The van der Waals surface area contributed by atoms with Gasteiger partial charge in [-0.3, -0.25) is 9.10 Å². The number of benzene rings is 1. The molecular weight excluding hydrogens is 393 g/mol. The molecule has 1 aromatic rings. The van der Waals surface area contributed by atoms with Crippen molar-refractivity contribution in [1.29, 1.82) is 0 Å². The quantitative estimate of drug-likeness (QED) is 0.639. The molecule has 28 heavy (non-hydrogen) atoms. The smallest absolute Gasteiger partial charge is 0.302 e. The van der Waals surface area contributed by atoms with Gasteiger partial charge in [-0.2, -0.15) is 13.2 Å². The molecule has 0 unspecified atom stereocenters. The average Bonchev–Trinajstić information content (AvgIpc) is 2.78. The van der Waals surface area contributed by atoms with Crippen LogP contribution in [0.2, 0.25) is 0 Å². The lowest BCUT2D eigenvalue weighted by Gasteiger charge is -2.27. The first-order valence-electron chi connectivity index (χ1n) is 9.57. The molecule has 0 aromatic heterocycles. The number of halogens is 3. The van der Waals surface area contributed by atoms with Crippen molar-refractivity contribution in [2.75, 3.05) is 36.2 Å². The third-order valence-electron chi connectivity index (χ3n) is 4.74. The molecule has 9 heteroatoms. The van der Waals surface area contributed by atoms with Crippen LogP contribution in [0.5, 0.6) is 0 Å². The fraction of sp³-hybridized carbons (Fsp3) is 0.632. The molecule has 0 N–H and O–H groups in total. The highest BCUT2D eigenvalue weighted by Crippen LogP contribution is 2.35. The van der Waals surface area contributed by atoms with Crippen LogP contribution in [0.4, 0.5) is 18.9 Å². The van der Waals surface area contributed by atoms with Gasteiger partial charge in [0.2, 0.25) is 10.0 Å². The Labute approximate surface area is 164 Å². The van der Waals surface area contributed by atoms with E-state index in [1.807, 2.05) is 13.8 Å². The summed E-state index contributed by atoms with van der Waals surface area (Å²) in [5, 5.41) is 0. The number of nitrogens with zero attached hydrogens (tertiary/aromatic N) is 2. The third-order valence-corrected chi connectivity index (χ3v) is 6.49. The van der Waals surface area contributed by atoms with Gasteiger partial charge in [-0.25, -0.2) is 8.42 Å². The lowest BCUT2D eigenvalue weighted by molar-refractivity contribution is -0.137. The topological polar surface area (TPSA) is 57.7 Å². The molecule has 1 aliphatic heterocycles. The molecule has 2 rings (SSSR count). The minimum Gasteiger partial charge on any atom is -0.302 e. The first kappa shape index (κ1) is 22.7. The summed E-state index contributed by atoms with van der Waals surface area (Å²) in [6.45, 7) is 6.05. The molecule has 0 saturated heterocycles. The Kier molecular flexibility index (Phi) is 7.50. The Morgan fingerprint density at radius 3 is 2.32 bits per heavy atom. The Hall–Kier alpha value is -1.61. The number of anilines is 1. The summed E-state index contributed by atoms with van der Waals surface area (Å²) in [5.41, 5.74) is -1.07. The Morgan fingerprint density at radius 2 is 1.75 bits per heavy atom. The second kappa shape index (κ2) is 9.26. The van der Waals surface area contributed by atoms with E-state index in [1.165, 1.54) is 0 Å². The molecule has 0 spiro atoms. The monoisotopic (exact) mass is 420 g/mol. The number of ketones is 1. The second-order valence-electron chi connectivity index (χ2n) is 6.99. The highest BCUT2D eigenvalue weighted by molar-refractivity contribution is 7.92. The van der Waals surface area contributed by atoms with Crippen LogP contribution in [-0.2, 0) is 16.2 Å². The van der Waals surface area contributed by atoms with Gasteiger partial charge in [0.15, 0.2) is 5.78 Å². The summed E-state index contributed by atoms with van der Waals surface area (Å²) in [6, 6.07) is 2.71. The summed E-state index contributed by atoms with van der Waals surface area (Å²) in [7, 11) is -3.77. The molecule has 5 nitrogen and oxygen atoms in total. The summed E-state index contributed by atoms with van der Waals surface area (Å²) in [5.74, 6) is -0.598. The molecule has 1 aliphatic rings. The van der Waals surface area contributed by atoms with Crippen molar-refractivity contribution < 1.29 is 26.4 Å². The van der Waals surface area contributed by atoms with Gasteiger partial charge in [0.05, 0.1) is 17.0 Å². The lowest BCUT2D eigenvalue weighted by Crippen LogP contribution is -2.39. The molecule has 0 amide bonds. The normalized spacial score (nSPS) is 15.6. The minimum absolute atomic E-state index is 0.0259. The summed E-state index contributed by atoms with van der Waals surface area (Å²) in [4.78, 5) is 14.4. The molecule has 0 radical (unpaired) electrons. The summed E-state index contributed by atoms with van der Waals surface area (Å²) < 4.78 is 66.1. The molecule has 1 aromatic carbocycles. The zero-order valence-electron chi connectivity index (χ0n) is 16.3. The predicted molar refractivity (Wildman–Crippen MR) is 103 cm³/mol. The summed E-state index contributed by atoms with van der Waals surface area (Å²) >= 11 is 0. The van der Waals surface area contributed by atoms with Crippen LogP contribution in [0.25, 0.3) is 0 Å². The summed E-state index contributed by atoms with van der Waals surface area (Å²) in [6.07, 6.45) is -2.48. The Bertz CT molecular complexity index is 788. The SMILES string of the molecule is CCCN(CCC)CCS(=O)(=O)N1CCCC(=O)c2cc(C(F)(F)F)ccc21.